The van der Waals surface area contributed by atoms with Crippen LogP contribution < -0.4 is 0 Å². The highest BCUT2D eigenvalue weighted by Gasteiger charge is 2.46. The number of hydrogen-bond acceptors (Lipinski definition) is 8. The third-order valence-corrected chi connectivity index (χ3v) is 6.51. The van der Waals surface area contributed by atoms with E-state index in [1.54, 1.807) is 47.6 Å². The lowest BCUT2D eigenvalue weighted by Gasteiger charge is -2.29. The highest BCUT2D eigenvalue weighted by molar-refractivity contribution is 5.91. The van der Waals surface area contributed by atoms with Crippen LogP contribution in [0.15, 0.2) is 41.2 Å². The SMILES string of the molecule is CC(C)(C)OC(=O)N1CC(N(C(=O)c2ncc(-c3cc(C#N)ccc3F)o2)C2CC2)CC1Cn1ccnn1. The van der Waals surface area contributed by atoms with E-state index in [1.807, 2.05) is 6.07 Å². The topological polar surface area (TPSA) is 130 Å². The van der Waals surface area contributed by atoms with Gasteiger partial charge in [0.25, 0.3) is 5.89 Å². The van der Waals surface area contributed by atoms with Crippen LogP contribution in [0.25, 0.3) is 11.3 Å². The number of aromatic nitrogens is 4. The lowest BCUT2D eigenvalue weighted by molar-refractivity contribution is 0.0197. The standard InChI is InChI=1S/C26H28FN7O4/c1-26(2,3)38-25(36)33-15-19(11-18(33)14-32-9-8-30-31-32)34(17-5-6-17)24(35)23-29-13-22(37-23)20-10-16(12-28)4-7-21(20)27/h4,7-10,13,17-19H,5-6,11,14-15H2,1-3H3. The largest absolute Gasteiger partial charge is 0.444 e. The number of hydrogen-bond donors (Lipinski definition) is 0. The van der Waals surface area contributed by atoms with E-state index in [0.29, 0.717) is 13.0 Å². The number of likely N-dealkylation sites (tertiary alicyclic amines) is 1. The third kappa shape index (κ3) is 5.37. The zero-order valence-corrected chi connectivity index (χ0v) is 21.4. The molecule has 38 heavy (non-hydrogen) atoms. The Labute approximate surface area is 218 Å². The number of oxazole rings is 1. The van der Waals surface area contributed by atoms with Crippen molar-refractivity contribution in [1.82, 2.24) is 29.8 Å². The first-order chi connectivity index (χ1) is 18.1. The molecule has 3 heterocycles. The zero-order valence-electron chi connectivity index (χ0n) is 21.4. The van der Waals surface area contributed by atoms with Crippen LogP contribution in [0.3, 0.4) is 0 Å². The van der Waals surface area contributed by atoms with Crippen LogP contribution in [0.2, 0.25) is 0 Å². The van der Waals surface area contributed by atoms with Gasteiger partial charge in [0.2, 0.25) is 0 Å². The highest BCUT2D eigenvalue weighted by Crippen LogP contribution is 2.36. The monoisotopic (exact) mass is 521 g/mol. The van der Waals surface area contributed by atoms with Crippen molar-refractivity contribution in [3.8, 4) is 17.4 Å². The minimum absolute atomic E-state index is 0.00731. The lowest BCUT2D eigenvalue weighted by Crippen LogP contribution is -2.45. The Morgan fingerprint density at radius 1 is 1.29 bits per heavy atom. The lowest BCUT2D eigenvalue weighted by atomic mass is 10.1. The molecule has 1 saturated heterocycles. The van der Waals surface area contributed by atoms with Gasteiger partial charge < -0.3 is 19.0 Å². The second-order valence-electron chi connectivity index (χ2n) is 10.6. The van der Waals surface area contributed by atoms with Gasteiger partial charge in [-0.05, 0) is 58.2 Å². The second kappa shape index (κ2) is 9.89. The Kier molecular flexibility index (Phi) is 6.60. The quantitative estimate of drug-likeness (QED) is 0.481. The Bertz CT molecular complexity index is 1370. The molecule has 0 radical (unpaired) electrons. The van der Waals surface area contributed by atoms with Gasteiger partial charge in [0.15, 0.2) is 5.76 Å². The summed E-state index contributed by atoms with van der Waals surface area (Å²) in [5.74, 6) is -1.12. The van der Waals surface area contributed by atoms with Gasteiger partial charge in [-0.1, -0.05) is 5.21 Å². The Morgan fingerprint density at radius 3 is 2.74 bits per heavy atom. The fourth-order valence-corrected chi connectivity index (χ4v) is 4.73. The van der Waals surface area contributed by atoms with Crippen LogP contribution in [-0.4, -0.2) is 72.0 Å². The molecule has 3 aromatic rings. The zero-order chi connectivity index (χ0) is 27.0. The van der Waals surface area contributed by atoms with Crippen molar-refractivity contribution in [2.45, 2.75) is 70.3 Å². The molecule has 0 N–H and O–H groups in total. The maximum atomic E-state index is 14.4. The van der Waals surface area contributed by atoms with Crippen LogP contribution >= 0.6 is 0 Å². The number of carbonyl (C=O) groups excluding carboxylic acids is 2. The van der Waals surface area contributed by atoms with Crippen LogP contribution in [0.5, 0.6) is 0 Å². The van der Waals surface area contributed by atoms with Crippen molar-refractivity contribution in [2.24, 2.45) is 0 Å². The number of benzene rings is 1. The van der Waals surface area contributed by atoms with E-state index in [4.69, 9.17) is 14.4 Å². The third-order valence-electron chi connectivity index (χ3n) is 6.51. The summed E-state index contributed by atoms with van der Waals surface area (Å²) in [6.45, 7) is 6.10. The molecule has 5 rings (SSSR count). The van der Waals surface area contributed by atoms with E-state index in [9.17, 15) is 14.0 Å². The Balaban J connectivity index is 1.39. The fraction of sp³-hybridized carbons (Fsp3) is 0.462. The molecule has 0 bridgehead atoms. The van der Waals surface area contributed by atoms with Gasteiger partial charge >= 0.3 is 12.0 Å². The molecule has 2 fully saturated rings. The van der Waals surface area contributed by atoms with Crippen molar-refractivity contribution in [1.29, 1.82) is 5.26 Å². The summed E-state index contributed by atoms with van der Waals surface area (Å²) in [6.07, 6.45) is 6.28. The molecule has 2 aromatic heterocycles. The van der Waals surface area contributed by atoms with E-state index in [1.165, 1.54) is 24.4 Å². The van der Waals surface area contributed by atoms with Gasteiger partial charge in [0.05, 0.1) is 48.2 Å². The van der Waals surface area contributed by atoms with Gasteiger partial charge in [0, 0.05) is 18.8 Å². The predicted molar refractivity (Wildman–Crippen MR) is 131 cm³/mol. The number of nitriles is 1. The van der Waals surface area contributed by atoms with Gasteiger partial charge in [-0.3, -0.25) is 9.48 Å². The Hall–Kier alpha value is -4.27. The summed E-state index contributed by atoms with van der Waals surface area (Å²) >= 11 is 0. The number of halogens is 1. The van der Waals surface area contributed by atoms with Gasteiger partial charge in [0.1, 0.15) is 11.4 Å². The molecular formula is C26H28FN7O4. The number of rotatable bonds is 6. The first-order valence-corrected chi connectivity index (χ1v) is 12.4. The maximum Gasteiger partial charge on any atom is 0.410 e. The summed E-state index contributed by atoms with van der Waals surface area (Å²) in [7, 11) is 0. The first kappa shape index (κ1) is 25.4. The minimum Gasteiger partial charge on any atom is -0.444 e. The highest BCUT2D eigenvalue weighted by atomic mass is 19.1. The fourth-order valence-electron chi connectivity index (χ4n) is 4.73. The summed E-state index contributed by atoms with van der Waals surface area (Å²) in [5, 5.41) is 17.0. The van der Waals surface area contributed by atoms with Crippen LogP contribution in [-0.2, 0) is 11.3 Å². The molecule has 1 aliphatic carbocycles. The summed E-state index contributed by atoms with van der Waals surface area (Å²) in [5.41, 5.74) is -0.360. The van der Waals surface area contributed by atoms with Crippen molar-refractivity contribution in [2.75, 3.05) is 6.54 Å². The predicted octanol–water partition coefficient (Wildman–Crippen LogP) is 3.63. The van der Waals surface area contributed by atoms with Crippen LogP contribution in [0.4, 0.5) is 9.18 Å². The number of amides is 2. The second-order valence-corrected chi connectivity index (χ2v) is 10.6. The smallest absolute Gasteiger partial charge is 0.410 e. The molecule has 1 aromatic carbocycles. The first-order valence-electron chi connectivity index (χ1n) is 12.4. The van der Waals surface area contributed by atoms with Gasteiger partial charge in [-0.2, -0.15) is 5.26 Å². The van der Waals surface area contributed by atoms with Crippen LogP contribution in [0.1, 0.15) is 56.3 Å². The van der Waals surface area contributed by atoms with E-state index < -0.39 is 23.4 Å². The molecule has 12 heteroatoms. The van der Waals surface area contributed by atoms with Gasteiger partial charge in [-0.25, -0.2) is 14.2 Å². The number of nitrogens with zero attached hydrogens (tertiary/aromatic N) is 7. The molecule has 1 aliphatic heterocycles. The number of carbonyl (C=O) groups is 2. The van der Waals surface area contributed by atoms with Crippen LogP contribution in [0, 0.1) is 17.1 Å². The maximum absolute atomic E-state index is 14.4. The molecule has 0 spiro atoms. The van der Waals surface area contributed by atoms with Crippen molar-refractivity contribution >= 4 is 12.0 Å². The summed E-state index contributed by atoms with van der Waals surface area (Å²) in [4.78, 5) is 34.3. The molecule has 11 nitrogen and oxygen atoms in total. The number of ether oxygens (including phenoxy) is 1. The minimum atomic E-state index is -0.675. The molecule has 198 valence electrons. The van der Waals surface area contributed by atoms with E-state index in [-0.39, 0.29) is 47.4 Å². The average molecular weight is 522 g/mol. The normalized spacial score (nSPS) is 19.3. The molecule has 2 unspecified atom stereocenters. The molecular weight excluding hydrogens is 493 g/mol. The average Bonchev–Trinajstić information content (AvgIpc) is 3.25. The van der Waals surface area contributed by atoms with Crippen molar-refractivity contribution in [3.63, 3.8) is 0 Å². The van der Waals surface area contributed by atoms with Gasteiger partial charge in [-0.15, -0.1) is 5.10 Å². The molecule has 2 aliphatic rings. The summed E-state index contributed by atoms with van der Waals surface area (Å²) < 4.78 is 27.4. The summed E-state index contributed by atoms with van der Waals surface area (Å²) in [6, 6.07) is 5.28. The van der Waals surface area contributed by atoms with Crippen molar-refractivity contribution < 1.29 is 23.1 Å². The van der Waals surface area contributed by atoms with Crippen molar-refractivity contribution in [3.05, 3.63) is 54.1 Å². The van der Waals surface area contributed by atoms with E-state index in [0.717, 1.165) is 12.8 Å². The molecule has 2 amide bonds. The van der Waals surface area contributed by atoms with E-state index >= 15 is 0 Å². The molecule has 1 saturated carbocycles. The van der Waals surface area contributed by atoms with E-state index in [2.05, 4.69) is 15.3 Å². The molecule has 2 atom stereocenters. The Morgan fingerprint density at radius 2 is 2.08 bits per heavy atom.